The van der Waals surface area contributed by atoms with Gasteiger partial charge in [-0.05, 0) is 24.6 Å². The number of nitrogens with zero attached hydrogens (tertiary/aromatic N) is 1. The second-order valence-corrected chi connectivity index (χ2v) is 5.79. The van der Waals surface area contributed by atoms with Crippen molar-refractivity contribution in [2.45, 2.75) is 13.3 Å². The summed E-state index contributed by atoms with van der Waals surface area (Å²) >= 11 is 0. The lowest BCUT2D eigenvalue weighted by molar-refractivity contribution is -0.385. The molecule has 0 atom stereocenters. The summed E-state index contributed by atoms with van der Waals surface area (Å²) < 4.78 is 9.52. The molecule has 2 aromatic rings. The first-order chi connectivity index (χ1) is 13.3. The summed E-state index contributed by atoms with van der Waals surface area (Å²) in [5, 5.41) is 13.5. The number of nitrogens with one attached hydrogen (secondary N) is 1. The molecule has 0 saturated carbocycles. The first-order valence-electron chi connectivity index (χ1n) is 8.18. The van der Waals surface area contributed by atoms with Crippen molar-refractivity contribution in [1.82, 2.24) is 0 Å². The molecule has 1 amide bonds. The average Bonchev–Trinajstić information content (AvgIpc) is 2.67. The first-order valence-corrected chi connectivity index (χ1v) is 8.18. The molecule has 9 heteroatoms. The number of esters is 2. The molecule has 0 saturated heterocycles. The van der Waals surface area contributed by atoms with E-state index in [-0.39, 0.29) is 23.2 Å². The van der Waals surface area contributed by atoms with Crippen molar-refractivity contribution in [1.29, 1.82) is 0 Å². The summed E-state index contributed by atoms with van der Waals surface area (Å²) in [5.41, 5.74) is 1.34. The van der Waals surface area contributed by atoms with Gasteiger partial charge in [-0.15, -0.1) is 0 Å². The summed E-state index contributed by atoms with van der Waals surface area (Å²) in [5.74, 6) is -1.93. The van der Waals surface area contributed by atoms with Crippen LogP contribution >= 0.6 is 0 Å². The van der Waals surface area contributed by atoms with E-state index in [2.05, 4.69) is 10.1 Å². The second-order valence-electron chi connectivity index (χ2n) is 5.79. The fourth-order valence-corrected chi connectivity index (χ4v) is 2.38. The zero-order valence-corrected chi connectivity index (χ0v) is 15.3. The SMILES string of the molecule is COC(=O)c1ccc(C)c(NC(=O)COC(=O)Cc2ccccc2[N+](=O)[O-])c1. The van der Waals surface area contributed by atoms with E-state index in [0.717, 1.165) is 0 Å². The van der Waals surface area contributed by atoms with Crippen LogP contribution in [0.4, 0.5) is 11.4 Å². The van der Waals surface area contributed by atoms with Crippen molar-refractivity contribution in [3.8, 4) is 0 Å². The van der Waals surface area contributed by atoms with Crippen LogP contribution in [0.25, 0.3) is 0 Å². The molecule has 1 N–H and O–H groups in total. The van der Waals surface area contributed by atoms with Gasteiger partial charge >= 0.3 is 11.9 Å². The molecule has 0 aliphatic heterocycles. The monoisotopic (exact) mass is 386 g/mol. The second kappa shape index (κ2) is 9.26. The van der Waals surface area contributed by atoms with Gasteiger partial charge in [0.05, 0.1) is 24.0 Å². The predicted octanol–water partition coefficient (Wildman–Crippen LogP) is 2.41. The number of anilines is 1. The lowest BCUT2D eigenvalue weighted by Gasteiger charge is -2.10. The number of para-hydroxylation sites is 1. The van der Waals surface area contributed by atoms with Crippen LogP contribution in [-0.4, -0.2) is 36.5 Å². The smallest absolute Gasteiger partial charge is 0.337 e. The number of methoxy groups -OCH3 is 1. The van der Waals surface area contributed by atoms with Gasteiger partial charge in [-0.25, -0.2) is 4.79 Å². The van der Waals surface area contributed by atoms with Crippen LogP contribution in [0.15, 0.2) is 42.5 Å². The number of carbonyl (C=O) groups is 3. The van der Waals surface area contributed by atoms with Gasteiger partial charge in [0.25, 0.3) is 11.6 Å². The molecule has 0 fully saturated rings. The Morgan fingerprint density at radius 1 is 1.14 bits per heavy atom. The van der Waals surface area contributed by atoms with E-state index in [1.807, 2.05) is 0 Å². The maximum Gasteiger partial charge on any atom is 0.337 e. The van der Waals surface area contributed by atoms with Crippen LogP contribution in [0.2, 0.25) is 0 Å². The van der Waals surface area contributed by atoms with Gasteiger partial charge in [0.15, 0.2) is 6.61 Å². The van der Waals surface area contributed by atoms with E-state index >= 15 is 0 Å². The van der Waals surface area contributed by atoms with E-state index in [4.69, 9.17) is 4.74 Å². The Bertz CT molecular complexity index is 924. The minimum atomic E-state index is -0.774. The van der Waals surface area contributed by atoms with Crippen molar-refractivity contribution in [2.75, 3.05) is 19.0 Å². The van der Waals surface area contributed by atoms with Crippen LogP contribution in [0.1, 0.15) is 21.5 Å². The van der Waals surface area contributed by atoms with Gasteiger partial charge in [0, 0.05) is 17.3 Å². The molecule has 0 bridgehead atoms. The number of nitro benzene ring substituents is 1. The highest BCUT2D eigenvalue weighted by Gasteiger charge is 2.17. The molecule has 9 nitrogen and oxygen atoms in total. The van der Waals surface area contributed by atoms with Crippen LogP contribution in [0.5, 0.6) is 0 Å². The highest BCUT2D eigenvalue weighted by molar-refractivity contribution is 5.96. The molecule has 0 aromatic heterocycles. The number of aryl methyl sites for hydroxylation is 1. The Balaban J connectivity index is 1.95. The Morgan fingerprint density at radius 3 is 2.54 bits per heavy atom. The van der Waals surface area contributed by atoms with E-state index in [1.54, 1.807) is 25.1 Å². The molecule has 0 aliphatic rings. The van der Waals surface area contributed by atoms with Crippen molar-refractivity contribution in [2.24, 2.45) is 0 Å². The topological polar surface area (TPSA) is 125 Å². The van der Waals surface area contributed by atoms with Crippen molar-refractivity contribution >= 4 is 29.2 Å². The quantitative estimate of drug-likeness (QED) is 0.440. The summed E-state index contributed by atoms with van der Waals surface area (Å²) in [7, 11) is 1.25. The van der Waals surface area contributed by atoms with Crippen LogP contribution in [-0.2, 0) is 25.5 Å². The Hall–Kier alpha value is -3.75. The van der Waals surface area contributed by atoms with Gasteiger partial charge in [0.2, 0.25) is 0 Å². The Morgan fingerprint density at radius 2 is 1.86 bits per heavy atom. The van der Waals surface area contributed by atoms with E-state index in [1.165, 1.54) is 31.4 Å². The zero-order valence-electron chi connectivity index (χ0n) is 15.3. The van der Waals surface area contributed by atoms with Crippen molar-refractivity contribution in [3.63, 3.8) is 0 Å². The van der Waals surface area contributed by atoms with Crippen LogP contribution in [0, 0.1) is 17.0 Å². The highest BCUT2D eigenvalue weighted by atomic mass is 16.6. The molecular weight excluding hydrogens is 368 g/mol. The predicted molar refractivity (Wildman–Crippen MR) is 98.9 cm³/mol. The number of benzene rings is 2. The molecule has 0 aliphatic carbocycles. The van der Waals surface area contributed by atoms with Crippen molar-refractivity contribution in [3.05, 3.63) is 69.3 Å². The van der Waals surface area contributed by atoms with E-state index in [9.17, 15) is 24.5 Å². The largest absolute Gasteiger partial charge is 0.465 e. The lowest BCUT2D eigenvalue weighted by atomic mass is 10.1. The Kier molecular flexibility index (Phi) is 6.80. The number of carbonyl (C=O) groups excluding carboxylic acids is 3. The molecule has 2 rings (SSSR count). The standard InChI is InChI=1S/C19H18N2O7/c1-12-7-8-14(19(24)27-2)9-15(12)20-17(22)11-28-18(23)10-13-5-3-4-6-16(13)21(25)26/h3-9H,10-11H2,1-2H3,(H,20,22). The number of amides is 1. The van der Waals surface area contributed by atoms with Gasteiger partial charge in [-0.1, -0.05) is 24.3 Å². The van der Waals surface area contributed by atoms with Gasteiger partial charge in [-0.3, -0.25) is 19.7 Å². The van der Waals surface area contributed by atoms with Crippen LogP contribution in [0.3, 0.4) is 0 Å². The normalized spacial score (nSPS) is 10.1. The summed E-state index contributed by atoms with van der Waals surface area (Å²) in [6.45, 7) is 1.17. The third-order valence-corrected chi connectivity index (χ3v) is 3.82. The fourth-order valence-electron chi connectivity index (χ4n) is 2.38. The maximum absolute atomic E-state index is 12.0. The number of hydrogen-bond donors (Lipinski definition) is 1. The minimum Gasteiger partial charge on any atom is -0.465 e. The summed E-state index contributed by atoms with van der Waals surface area (Å²) in [4.78, 5) is 45.9. The molecule has 28 heavy (non-hydrogen) atoms. The van der Waals surface area contributed by atoms with Gasteiger partial charge in [-0.2, -0.15) is 0 Å². The fraction of sp³-hybridized carbons (Fsp3) is 0.211. The number of rotatable bonds is 7. The average molecular weight is 386 g/mol. The highest BCUT2D eigenvalue weighted by Crippen LogP contribution is 2.19. The van der Waals surface area contributed by atoms with Gasteiger partial charge < -0.3 is 14.8 Å². The lowest BCUT2D eigenvalue weighted by Crippen LogP contribution is -2.22. The number of hydrogen-bond acceptors (Lipinski definition) is 7. The van der Waals surface area contributed by atoms with Crippen molar-refractivity contribution < 1.29 is 28.8 Å². The molecule has 2 aromatic carbocycles. The molecule has 0 heterocycles. The number of ether oxygens (including phenoxy) is 2. The molecule has 0 spiro atoms. The van der Waals surface area contributed by atoms with E-state index < -0.39 is 29.4 Å². The first kappa shape index (κ1) is 20.6. The van der Waals surface area contributed by atoms with E-state index in [0.29, 0.717) is 11.3 Å². The van der Waals surface area contributed by atoms with Crippen LogP contribution < -0.4 is 5.32 Å². The minimum absolute atomic E-state index is 0.194. The summed E-state index contributed by atoms with van der Waals surface area (Å²) in [6, 6.07) is 10.4. The summed E-state index contributed by atoms with van der Waals surface area (Å²) in [6.07, 6.45) is -0.332. The third-order valence-electron chi connectivity index (χ3n) is 3.82. The molecule has 0 radical (unpaired) electrons. The number of nitro groups is 1. The maximum atomic E-state index is 12.0. The molecular formula is C19H18N2O7. The zero-order chi connectivity index (χ0) is 20.7. The third kappa shape index (κ3) is 5.37. The Labute approximate surface area is 160 Å². The molecule has 146 valence electrons. The molecule has 0 unspecified atom stereocenters. The van der Waals surface area contributed by atoms with Gasteiger partial charge in [0.1, 0.15) is 0 Å².